The Labute approximate surface area is 104 Å². The van der Waals surface area contributed by atoms with Gasteiger partial charge in [-0.05, 0) is 30.7 Å². The first-order valence-corrected chi connectivity index (χ1v) is 6.06. The summed E-state index contributed by atoms with van der Waals surface area (Å²) in [5.74, 6) is 1.45. The van der Waals surface area contributed by atoms with Crippen molar-refractivity contribution in [2.45, 2.75) is 25.8 Å². The molecule has 0 aliphatic heterocycles. The first kappa shape index (κ1) is 14.0. The Hall–Kier alpha value is -1.06. The van der Waals surface area contributed by atoms with E-state index in [1.807, 2.05) is 19.2 Å². The van der Waals surface area contributed by atoms with Gasteiger partial charge in [-0.1, -0.05) is 26.0 Å². The zero-order chi connectivity index (χ0) is 12.7. The maximum atomic E-state index is 5.76. The second-order valence-electron chi connectivity index (χ2n) is 4.48. The average Bonchev–Trinajstić information content (AvgIpc) is 2.34. The third kappa shape index (κ3) is 4.75. The van der Waals surface area contributed by atoms with Gasteiger partial charge in [-0.3, -0.25) is 0 Å². The van der Waals surface area contributed by atoms with Gasteiger partial charge in [0.15, 0.2) is 0 Å². The molecular formula is C14H23NO2. The minimum absolute atomic E-state index is 0.225. The van der Waals surface area contributed by atoms with E-state index in [1.54, 1.807) is 7.11 Å². The van der Waals surface area contributed by atoms with Crippen LogP contribution in [0.5, 0.6) is 5.75 Å². The third-order valence-electron chi connectivity index (χ3n) is 2.75. The topological polar surface area (TPSA) is 30.5 Å². The van der Waals surface area contributed by atoms with E-state index in [9.17, 15) is 0 Å². The van der Waals surface area contributed by atoms with Crippen molar-refractivity contribution in [3.05, 3.63) is 29.8 Å². The van der Waals surface area contributed by atoms with Crippen LogP contribution in [-0.4, -0.2) is 33.4 Å². The lowest BCUT2D eigenvalue weighted by atomic mass is 10.0. The average molecular weight is 237 g/mol. The number of nitrogens with one attached hydrogen (secondary N) is 1. The molecule has 17 heavy (non-hydrogen) atoms. The highest BCUT2D eigenvalue weighted by atomic mass is 16.5. The number of hydrogen-bond donors (Lipinski definition) is 1. The number of hydrogen-bond acceptors (Lipinski definition) is 3. The van der Waals surface area contributed by atoms with Gasteiger partial charge in [0, 0.05) is 7.11 Å². The highest BCUT2D eigenvalue weighted by molar-refractivity contribution is 5.30. The summed E-state index contributed by atoms with van der Waals surface area (Å²) in [6.45, 7) is 5.63. The normalized spacial score (nSPS) is 12.8. The molecule has 0 heterocycles. The molecule has 0 aliphatic rings. The quantitative estimate of drug-likeness (QED) is 0.790. The first-order valence-electron chi connectivity index (χ1n) is 6.06. The Morgan fingerprint density at radius 1 is 1.24 bits per heavy atom. The van der Waals surface area contributed by atoms with E-state index in [4.69, 9.17) is 9.47 Å². The van der Waals surface area contributed by atoms with Gasteiger partial charge in [-0.25, -0.2) is 0 Å². The van der Waals surface area contributed by atoms with Crippen LogP contribution in [0, 0.1) is 0 Å². The molecule has 1 aromatic carbocycles. The molecule has 0 saturated carbocycles. The molecule has 0 saturated heterocycles. The molecule has 0 amide bonds. The van der Waals surface area contributed by atoms with E-state index in [0.717, 1.165) is 5.75 Å². The van der Waals surface area contributed by atoms with E-state index in [-0.39, 0.29) is 6.04 Å². The number of likely N-dealkylation sites (N-methyl/N-ethyl adjacent to an activating group) is 1. The van der Waals surface area contributed by atoms with Crippen molar-refractivity contribution in [2.24, 2.45) is 0 Å². The van der Waals surface area contributed by atoms with Crippen molar-refractivity contribution in [2.75, 3.05) is 27.4 Å². The molecule has 1 unspecified atom stereocenters. The third-order valence-corrected chi connectivity index (χ3v) is 2.75. The van der Waals surface area contributed by atoms with Gasteiger partial charge in [0.1, 0.15) is 12.4 Å². The summed E-state index contributed by atoms with van der Waals surface area (Å²) < 4.78 is 10.9. The second-order valence-corrected chi connectivity index (χ2v) is 4.48. The van der Waals surface area contributed by atoms with Crippen LogP contribution >= 0.6 is 0 Å². The minimum Gasteiger partial charge on any atom is -0.492 e. The van der Waals surface area contributed by atoms with Gasteiger partial charge in [-0.15, -0.1) is 0 Å². The van der Waals surface area contributed by atoms with Gasteiger partial charge >= 0.3 is 0 Å². The van der Waals surface area contributed by atoms with Crippen molar-refractivity contribution in [1.29, 1.82) is 0 Å². The summed E-state index contributed by atoms with van der Waals surface area (Å²) in [6, 6.07) is 8.48. The molecule has 0 bridgehead atoms. The summed E-state index contributed by atoms with van der Waals surface area (Å²) in [6.07, 6.45) is 0. The van der Waals surface area contributed by atoms with Crippen molar-refractivity contribution in [3.63, 3.8) is 0 Å². The van der Waals surface area contributed by atoms with E-state index < -0.39 is 0 Å². The molecule has 0 aliphatic carbocycles. The van der Waals surface area contributed by atoms with E-state index in [2.05, 4.69) is 31.3 Å². The highest BCUT2D eigenvalue weighted by Crippen LogP contribution is 2.20. The molecule has 0 spiro atoms. The molecule has 1 aromatic rings. The van der Waals surface area contributed by atoms with E-state index in [0.29, 0.717) is 19.1 Å². The van der Waals surface area contributed by atoms with Crippen molar-refractivity contribution in [1.82, 2.24) is 5.32 Å². The molecule has 0 aromatic heterocycles. The van der Waals surface area contributed by atoms with Crippen LogP contribution in [0.4, 0.5) is 0 Å². The van der Waals surface area contributed by atoms with Crippen LogP contribution < -0.4 is 10.1 Å². The van der Waals surface area contributed by atoms with Crippen LogP contribution in [0.2, 0.25) is 0 Å². The predicted molar refractivity (Wildman–Crippen MR) is 70.7 cm³/mol. The van der Waals surface area contributed by atoms with Crippen LogP contribution in [-0.2, 0) is 4.74 Å². The summed E-state index contributed by atoms with van der Waals surface area (Å²) in [7, 11) is 3.61. The molecular weight excluding hydrogens is 214 g/mol. The van der Waals surface area contributed by atoms with Crippen LogP contribution in [0.25, 0.3) is 0 Å². The largest absolute Gasteiger partial charge is 0.492 e. The summed E-state index contributed by atoms with van der Waals surface area (Å²) in [4.78, 5) is 0. The lowest BCUT2D eigenvalue weighted by Crippen LogP contribution is -2.35. The zero-order valence-electron chi connectivity index (χ0n) is 11.2. The van der Waals surface area contributed by atoms with Gasteiger partial charge in [-0.2, -0.15) is 0 Å². The Bertz CT molecular complexity index is 326. The van der Waals surface area contributed by atoms with Gasteiger partial charge in [0.05, 0.1) is 12.6 Å². The van der Waals surface area contributed by atoms with Gasteiger partial charge in [0.25, 0.3) is 0 Å². The fourth-order valence-electron chi connectivity index (χ4n) is 1.58. The van der Waals surface area contributed by atoms with E-state index in [1.165, 1.54) is 5.56 Å². The van der Waals surface area contributed by atoms with Crippen molar-refractivity contribution >= 4 is 0 Å². The lowest BCUT2D eigenvalue weighted by molar-refractivity contribution is 0.140. The molecule has 0 radical (unpaired) electrons. The molecule has 1 N–H and O–H groups in total. The summed E-state index contributed by atoms with van der Waals surface area (Å²) >= 11 is 0. The van der Waals surface area contributed by atoms with E-state index >= 15 is 0 Å². The van der Waals surface area contributed by atoms with Gasteiger partial charge in [0.2, 0.25) is 0 Å². The fourth-order valence-corrected chi connectivity index (χ4v) is 1.58. The zero-order valence-corrected chi connectivity index (χ0v) is 11.2. The molecule has 3 heteroatoms. The van der Waals surface area contributed by atoms with Crippen LogP contribution in [0.15, 0.2) is 24.3 Å². The Balaban J connectivity index is 2.53. The van der Waals surface area contributed by atoms with Gasteiger partial charge < -0.3 is 14.8 Å². The molecule has 3 nitrogen and oxygen atoms in total. The lowest BCUT2D eigenvalue weighted by Gasteiger charge is -2.16. The minimum atomic E-state index is 0.225. The second kappa shape index (κ2) is 7.30. The fraction of sp³-hybridized carbons (Fsp3) is 0.571. The molecule has 0 fully saturated rings. The number of rotatable bonds is 7. The van der Waals surface area contributed by atoms with Crippen LogP contribution in [0.1, 0.15) is 25.3 Å². The first-order chi connectivity index (χ1) is 8.17. The monoisotopic (exact) mass is 237 g/mol. The Morgan fingerprint density at radius 2 is 2.00 bits per heavy atom. The Kier molecular flexibility index (Phi) is 6.01. The SMILES string of the molecule is CNC(COC)COc1cccc(C(C)C)c1. The maximum absolute atomic E-state index is 5.76. The number of methoxy groups -OCH3 is 1. The number of ether oxygens (including phenoxy) is 2. The summed E-state index contributed by atoms with van der Waals surface area (Å²) in [5.41, 5.74) is 1.30. The molecule has 1 rings (SSSR count). The Morgan fingerprint density at radius 3 is 2.59 bits per heavy atom. The predicted octanol–water partition coefficient (Wildman–Crippen LogP) is 2.42. The number of benzene rings is 1. The van der Waals surface area contributed by atoms with Crippen molar-refractivity contribution < 1.29 is 9.47 Å². The highest BCUT2D eigenvalue weighted by Gasteiger charge is 2.07. The van der Waals surface area contributed by atoms with Crippen molar-refractivity contribution in [3.8, 4) is 5.75 Å². The smallest absolute Gasteiger partial charge is 0.119 e. The molecule has 1 atom stereocenters. The standard InChI is InChI=1S/C14H23NO2/c1-11(2)12-6-5-7-14(8-12)17-10-13(15-3)9-16-4/h5-8,11,13,15H,9-10H2,1-4H3. The maximum Gasteiger partial charge on any atom is 0.119 e. The van der Waals surface area contributed by atoms with Crippen LogP contribution in [0.3, 0.4) is 0 Å². The summed E-state index contributed by atoms with van der Waals surface area (Å²) in [5, 5.41) is 3.16. The molecule has 96 valence electrons.